The summed E-state index contributed by atoms with van der Waals surface area (Å²) in [4.78, 5) is 6.98. The molecule has 11 heavy (non-hydrogen) atoms. The molecule has 1 unspecified atom stereocenters. The zero-order valence-electron chi connectivity index (χ0n) is 6.50. The second-order valence-corrected chi connectivity index (χ2v) is 2.80. The van der Waals surface area contributed by atoms with E-state index in [1.54, 1.807) is 19.3 Å². The van der Waals surface area contributed by atoms with E-state index in [4.69, 9.17) is 17.0 Å². The molecular formula is C7H10N2OS. The largest absolute Gasteiger partial charge is 0.477 e. The van der Waals surface area contributed by atoms with Crippen LogP contribution in [0.2, 0.25) is 0 Å². The molecule has 1 N–H and O–H groups in total. The Balaban J connectivity index is 2.56. The molecule has 1 heterocycles. The molecule has 0 aliphatic heterocycles. The Morgan fingerprint density at radius 3 is 3.00 bits per heavy atom. The lowest BCUT2D eigenvalue weighted by Crippen LogP contribution is -2.04. The third-order valence-corrected chi connectivity index (χ3v) is 1.34. The van der Waals surface area contributed by atoms with Gasteiger partial charge in [0.05, 0.1) is 0 Å². The number of aromatic amines is 1. The average Bonchev–Trinajstić information content (AvgIpc) is 2.35. The molecule has 0 spiro atoms. The van der Waals surface area contributed by atoms with Crippen molar-refractivity contribution in [2.45, 2.75) is 20.0 Å². The first-order valence-electron chi connectivity index (χ1n) is 3.36. The maximum Gasteiger partial charge on any atom is 0.157 e. The molecule has 0 radical (unpaired) electrons. The Kier molecular flexibility index (Phi) is 2.59. The summed E-state index contributed by atoms with van der Waals surface area (Å²) in [6.07, 6.45) is 3.37. The van der Waals surface area contributed by atoms with Gasteiger partial charge in [-0.15, -0.1) is 0 Å². The quantitative estimate of drug-likeness (QED) is 0.688. The molecule has 0 fully saturated rings. The van der Waals surface area contributed by atoms with Crippen LogP contribution in [0.5, 0.6) is 0 Å². The third kappa shape index (κ3) is 2.31. The first-order valence-corrected chi connectivity index (χ1v) is 3.77. The molecule has 1 atom stereocenters. The fraction of sp³-hybridized carbons (Fsp3) is 0.429. The lowest BCUT2D eigenvalue weighted by Gasteiger charge is -2.09. The van der Waals surface area contributed by atoms with E-state index in [0.29, 0.717) is 5.05 Å². The summed E-state index contributed by atoms with van der Waals surface area (Å²) in [6, 6.07) is 0. The minimum atomic E-state index is -0.0810. The Hall–Kier alpha value is -0.900. The van der Waals surface area contributed by atoms with Gasteiger partial charge in [-0.05, 0) is 19.1 Å². The number of hydrogen-bond donors (Lipinski definition) is 1. The van der Waals surface area contributed by atoms with Crippen molar-refractivity contribution in [3.8, 4) is 0 Å². The van der Waals surface area contributed by atoms with Crippen LogP contribution in [0.4, 0.5) is 0 Å². The van der Waals surface area contributed by atoms with Crippen LogP contribution in [0.3, 0.4) is 0 Å². The molecule has 0 aliphatic carbocycles. The van der Waals surface area contributed by atoms with Gasteiger partial charge in [-0.25, -0.2) is 4.98 Å². The number of aromatic nitrogens is 2. The highest BCUT2D eigenvalue weighted by Crippen LogP contribution is 2.11. The number of H-pyrrole nitrogens is 1. The van der Waals surface area contributed by atoms with E-state index in [9.17, 15) is 0 Å². The van der Waals surface area contributed by atoms with E-state index in [1.807, 2.05) is 6.92 Å². The second-order valence-electron chi connectivity index (χ2n) is 2.23. The summed E-state index contributed by atoms with van der Waals surface area (Å²) in [6.45, 7) is 3.64. The lowest BCUT2D eigenvalue weighted by atomic mass is 10.4. The number of hydrogen-bond acceptors (Lipinski definition) is 3. The molecule has 4 heteroatoms. The predicted molar refractivity (Wildman–Crippen MR) is 46.4 cm³/mol. The van der Waals surface area contributed by atoms with Gasteiger partial charge in [0.1, 0.15) is 5.82 Å². The van der Waals surface area contributed by atoms with Crippen LogP contribution in [0, 0.1) is 0 Å². The van der Waals surface area contributed by atoms with Gasteiger partial charge in [-0.2, -0.15) is 0 Å². The van der Waals surface area contributed by atoms with Crippen LogP contribution in [0.1, 0.15) is 25.8 Å². The van der Waals surface area contributed by atoms with Crippen molar-refractivity contribution in [1.82, 2.24) is 9.97 Å². The number of rotatable bonds is 2. The minimum Gasteiger partial charge on any atom is -0.477 e. The van der Waals surface area contributed by atoms with Crippen molar-refractivity contribution in [3.05, 3.63) is 18.2 Å². The first-order chi connectivity index (χ1) is 5.20. The molecule has 0 aromatic carbocycles. The third-order valence-electron chi connectivity index (χ3n) is 1.25. The zero-order valence-corrected chi connectivity index (χ0v) is 7.31. The number of thiocarbonyl (C=S) groups is 1. The normalized spacial score (nSPS) is 12.5. The van der Waals surface area contributed by atoms with E-state index in [2.05, 4.69) is 9.97 Å². The fourth-order valence-corrected chi connectivity index (χ4v) is 0.949. The van der Waals surface area contributed by atoms with E-state index in [1.165, 1.54) is 0 Å². The van der Waals surface area contributed by atoms with Gasteiger partial charge in [0.2, 0.25) is 0 Å². The summed E-state index contributed by atoms with van der Waals surface area (Å²) in [5.41, 5.74) is 0. The maximum absolute atomic E-state index is 5.23. The Labute approximate surface area is 70.8 Å². The van der Waals surface area contributed by atoms with E-state index in [-0.39, 0.29) is 6.10 Å². The second kappa shape index (κ2) is 3.48. The smallest absolute Gasteiger partial charge is 0.157 e. The summed E-state index contributed by atoms with van der Waals surface area (Å²) < 4.78 is 5.23. The molecule has 1 aromatic heterocycles. The van der Waals surface area contributed by atoms with E-state index in [0.717, 1.165) is 5.82 Å². The monoisotopic (exact) mass is 170 g/mol. The summed E-state index contributed by atoms with van der Waals surface area (Å²) in [5.74, 6) is 0.800. The van der Waals surface area contributed by atoms with Gasteiger partial charge in [-0.1, -0.05) is 0 Å². The first kappa shape index (κ1) is 8.20. The zero-order chi connectivity index (χ0) is 8.27. The standard InChI is InChI=1S/C7H10N2OS/c1-5(10-6(2)11)7-8-3-4-9-7/h3-5H,1-2H3,(H,8,9). The van der Waals surface area contributed by atoms with Crippen molar-refractivity contribution in [1.29, 1.82) is 0 Å². The highest BCUT2D eigenvalue weighted by Gasteiger charge is 2.07. The van der Waals surface area contributed by atoms with Gasteiger partial charge in [0.15, 0.2) is 11.2 Å². The molecule has 1 rings (SSSR count). The molecule has 1 aromatic rings. The SMILES string of the molecule is CC(=S)OC(C)c1ncc[nH]1. The van der Waals surface area contributed by atoms with Crippen LogP contribution >= 0.6 is 12.2 Å². The van der Waals surface area contributed by atoms with E-state index >= 15 is 0 Å². The lowest BCUT2D eigenvalue weighted by molar-refractivity contribution is 0.208. The number of ether oxygens (including phenoxy) is 1. The Morgan fingerprint density at radius 2 is 2.55 bits per heavy atom. The molecular weight excluding hydrogens is 160 g/mol. The molecule has 0 amide bonds. The van der Waals surface area contributed by atoms with Crippen molar-refractivity contribution >= 4 is 17.3 Å². The van der Waals surface area contributed by atoms with Gasteiger partial charge >= 0.3 is 0 Å². The average molecular weight is 170 g/mol. The van der Waals surface area contributed by atoms with Gasteiger partial charge in [0.25, 0.3) is 0 Å². The van der Waals surface area contributed by atoms with Crippen LogP contribution < -0.4 is 0 Å². The van der Waals surface area contributed by atoms with Crippen LogP contribution in [-0.2, 0) is 4.74 Å². The molecule has 0 saturated heterocycles. The molecule has 3 nitrogen and oxygen atoms in total. The summed E-state index contributed by atoms with van der Waals surface area (Å²) in [7, 11) is 0. The van der Waals surface area contributed by atoms with Crippen molar-refractivity contribution in [2.24, 2.45) is 0 Å². The topological polar surface area (TPSA) is 37.9 Å². The molecule has 0 bridgehead atoms. The number of imidazole rings is 1. The maximum atomic E-state index is 5.23. The Bertz CT molecular complexity index is 233. The van der Waals surface area contributed by atoms with Gasteiger partial charge in [-0.3, -0.25) is 0 Å². The van der Waals surface area contributed by atoms with Crippen molar-refractivity contribution in [2.75, 3.05) is 0 Å². The predicted octanol–water partition coefficient (Wildman–Crippen LogP) is 1.83. The van der Waals surface area contributed by atoms with Crippen molar-refractivity contribution in [3.63, 3.8) is 0 Å². The van der Waals surface area contributed by atoms with Crippen LogP contribution in [0.15, 0.2) is 12.4 Å². The van der Waals surface area contributed by atoms with E-state index < -0.39 is 0 Å². The molecule has 0 aliphatic rings. The fourth-order valence-electron chi connectivity index (χ4n) is 0.805. The molecule has 60 valence electrons. The van der Waals surface area contributed by atoms with Gasteiger partial charge in [0, 0.05) is 19.3 Å². The highest BCUT2D eigenvalue weighted by molar-refractivity contribution is 7.80. The van der Waals surface area contributed by atoms with Crippen molar-refractivity contribution < 1.29 is 4.74 Å². The summed E-state index contributed by atoms with van der Waals surface area (Å²) in [5, 5.41) is 0.536. The molecule has 0 saturated carbocycles. The number of nitrogens with zero attached hydrogens (tertiary/aromatic N) is 1. The minimum absolute atomic E-state index is 0.0810. The van der Waals surface area contributed by atoms with Crippen LogP contribution in [-0.4, -0.2) is 15.0 Å². The van der Waals surface area contributed by atoms with Gasteiger partial charge < -0.3 is 9.72 Å². The Morgan fingerprint density at radius 1 is 1.82 bits per heavy atom. The summed E-state index contributed by atoms with van der Waals surface area (Å²) >= 11 is 4.78. The highest BCUT2D eigenvalue weighted by atomic mass is 32.1. The number of nitrogens with one attached hydrogen (secondary N) is 1. The van der Waals surface area contributed by atoms with Crippen LogP contribution in [0.25, 0.3) is 0 Å².